The number of amides is 1. The van der Waals surface area contributed by atoms with E-state index in [4.69, 9.17) is 0 Å². The highest BCUT2D eigenvalue weighted by molar-refractivity contribution is 9.10. The fourth-order valence-electron chi connectivity index (χ4n) is 2.03. The summed E-state index contributed by atoms with van der Waals surface area (Å²) in [5.41, 5.74) is 0.632. The zero-order valence-corrected chi connectivity index (χ0v) is 13.2. The Balaban J connectivity index is 2.30. The molecule has 4 nitrogen and oxygen atoms in total. The van der Waals surface area contributed by atoms with Gasteiger partial charge in [0.05, 0.1) is 12.1 Å². The molecule has 19 heavy (non-hydrogen) atoms. The van der Waals surface area contributed by atoms with Gasteiger partial charge < -0.3 is 9.30 Å². The van der Waals surface area contributed by atoms with E-state index in [0.717, 1.165) is 15.9 Å². The Morgan fingerprint density at radius 2 is 2.11 bits per heavy atom. The van der Waals surface area contributed by atoms with Crippen molar-refractivity contribution < 1.29 is 4.79 Å². The Hall–Kier alpha value is -1.36. The summed E-state index contributed by atoms with van der Waals surface area (Å²) >= 11 is 3.45. The quantitative estimate of drug-likeness (QED) is 0.851. The normalized spacial score (nSPS) is 11.8. The van der Waals surface area contributed by atoms with Crippen molar-refractivity contribution in [2.45, 2.75) is 27.3 Å². The van der Waals surface area contributed by atoms with E-state index in [0.29, 0.717) is 6.54 Å². The third kappa shape index (κ3) is 2.81. The van der Waals surface area contributed by atoms with Crippen molar-refractivity contribution in [1.29, 1.82) is 0 Å². The molecular formula is C14H18BrN3O. The summed E-state index contributed by atoms with van der Waals surface area (Å²) in [6, 6.07) is 5.91. The predicted molar refractivity (Wildman–Crippen MR) is 78.8 cm³/mol. The maximum Gasteiger partial charge on any atom is 0.228 e. The van der Waals surface area contributed by atoms with Crippen LogP contribution in [-0.2, 0) is 11.3 Å². The van der Waals surface area contributed by atoms with Crippen molar-refractivity contribution in [3.8, 4) is 0 Å². The zero-order valence-electron chi connectivity index (χ0n) is 11.6. The van der Waals surface area contributed by atoms with Gasteiger partial charge in [-0.25, -0.2) is 4.98 Å². The molecule has 2 aromatic rings. The topological polar surface area (TPSA) is 37.6 Å². The predicted octanol–water partition coefficient (Wildman–Crippen LogP) is 3.10. The van der Waals surface area contributed by atoms with Crippen LogP contribution in [0.2, 0.25) is 0 Å². The average Bonchev–Trinajstić information content (AvgIpc) is 2.65. The van der Waals surface area contributed by atoms with E-state index in [2.05, 4.69) is 20.9 Å². The molecule has 0 fully saturated rings. The number of imidazole rings is 1. The summed E-state index contributed by atoms with van der Waals surface area (Å²) in [5, 5.41) is 0. The summed E-state index contributed by atoms with van der Waals surface area (Å²) in [6.07, 6.45) is 1.96. The van der Waals surface area contributed by atoms with E-state index in [1.54, 1.807) is 4.90 Å². The number of halogens is 1. The molecule has 0 aliphatic rings. The molecule has 0 bridgehead atoms. The molecule has 102 valence electrons. The van der Waals surface area contributed by atoms with Crippen molar-refractivity contribution >= 4 is 27.4 Å². The van der Waals surface area contributed by atoms with E-state index in [1.807, 2.05) is 56.6 Å². The molecule has 0 unspecified atom stereocenters. The van der Waals surface area contributed by atoms with Crippen LogP contribution in [0.4, 0.5) is 0 Å². The van der Waals surface area contributed by atoms with Crippen LogP contribution in [0.1, 0.15) is 26.6 Å². The van der Waals surface area contributed by atoms with E-state index >= 15 is 0 Å². The molecule has 0 atom stereocenters. The lowest BCUT2D eigenvalue weighted by atomic mass is 9.95. The second kappa shape index (κ2) is 4.96. The van der Waals surface area contributed by atoms with Crippen molar-refractivity contribution in [2.24, 2.45) is 5.41 Å². The molecule has 0 aliphatic heterocycles. The number of carbonyl (C=O) groups is 1. The van der Waals surface area contributed by atoms with Crippen molar-refractivity contribution in [3.63, 3.8) is 0 Å². The molecule has 0 saturated heterocycles. The molecule has 0 saturated carbocycles. The molecule has 2 rings (SSSR count). The lowest BCUT2D eigenvalue weighted by Gasteiger charge is -2.25. The van der Waals surface area contributed by atoms with Gasteiger partial charge in [-0.1, -0.05) is 26.8 Å². The summed E-state index contributed by atoms with van der Waals surface area (Å²) < 4.78 is 2.80. The molecule has 0 aromatic carbocycles. The summed E-state index contributed by atoms with van der Waals surface area (Å²) in [4.78, 5) is 18.4. The number of carbonyl (C=O) groups excluding carboxylic acids is 1. The fraction of sp³-hybridized carbons (Fsp3) is 0.429. The van der Waals surface area contributed by atoms with Gasteiger partial charge in [-0.3, -0.25) is 4.79 Å². The van der Waals surface area contributed by atoms with E-state index < -0.39 is 0 Å². The van der Waals surface area contributed by atoms with Crippen molar-refractivity contribution in [2.75, 3.05) is 7.05 Å². The van der Waals surface area contributed by atoms with Crippen molar-refractivity contribution in [1.82, 2.24) is 14.3 Å². The van der Waals surface area contributed by atoms with Crippen LogP contribution >= 0.6 is 15.9 Å². The van der Waals surface area contributed by atoms with Gasteiger partial charge in [-0.2, -0.15) is 0 Å². The fourth-order valence-corrected chi connectivity index (χ4v) is 2.56. The monoisotopic (exact) mass is 323 g/mol. The van der Waals surface area contributed by atoms with Crippen LogP contribution in [0, 0.1) is 5.41 Å². The molecule has 1 amide bonds. The van der Waals surface area contributed by atoms with E-state index in [1.165, 1.54) is 0 Å². The maximum atomic E-state index is 12.2. The second-order valence-corrected chi connectivity index (χ2v) is 6.44. The van der Waals surface area contributed by atoms with Crippen LogP contribution < -0.4 is 0 Å². The summed E-state index contributed by atoms with van der Waals surface area (Å²) in [7, 11) is 1.81. The van der Waals surface area contributed by atoms with Gasteiger partial charge in [-0.15, -0.1) is 0 Å². The van der Waals surface area contributed by atoms with Gasteiger partial charge in [0.25, 0.3) is 0 Å². The minimum Gasteiger partial charge on any atom is -0.338 e. The first-order chi connectivity index (χ1) is 8.80. The zero-order chi connectivity index (χ0) is 14.2. The van der Waals surface area contributed by atoms with Crippen LogP contribution in [0.25, 0.3) is 5.52 Å². The summed E-state index contributed by atoms with van der Waals surface area (Å²) in [5.74, 6) is 0.957. The molecule has 0 N–H and O–H groups in total. The average molecular weight is 324 g/mol. The second-order valence-electron chi connectivity index (χ2n) is 5.69. The van der Waals surface area contributed by atoms with Gasteiger partial charge in [0.2, 0.25) is 5.91 Å². The number of pyridine rings is 1. The largest absolute Gasteiger partial charge is 0.338 e. The highest BCUT2D eigenvalue weighted by atomic mass is 79.9. The standard InChI is InChI=1S/C14H18BrN3O/c1-14(2,3)13(19)17(4)9-11-16-12(15)10-7-5-6-8-18(10)11/h5-8H,9H2,1-4H3. The Labute approximate surface area is 121 Å². The van der Waals surface area contributed by atoms with Crippen LogP contribution in [-0.4, -0.2) is 27.2 Å². The van der Waals surface area contributed by atoms with Crippen LogP contribution in [0.15, 0.2) is 29.0 Å². The molecule has 2 aromatic heterocycles. The molecular weight excluding hydrogens is 306 g/mol. The number of aromatic nitrogens is 2. The number of fused-ring (bicyclic) bond motifs is 1. The van der Waals surface area contributed by atoms with Crippen molar-refractivity contribution in [3.05, 3.63) is 34.8 Å². The molecule has 5 heteroatoms. The molecule has 0 aliphatic carbocycles. The van der Waals surface area contributed by atoms with Crippen LogP contribution in [0.5, 0.6) is 0 Å². The number of hydrogen-bond donors (Lipinski definition) is 0. The third-order valence-electron chi connectivity index (χ3n) is 2.94. The Kier molecular flexibility index (Phi) is 3.67. The van der Waals surface area contributed by atoms with Crippen LogP contribution in [0.3, 0.4) is 0 Å². The highest BCUT2D eigenvalue weighted by Gasteiger charge is 2.25. The van der Waals surface area contributed by atoms with E-state index in [-0.39, 0.29) is 11.3 Å². The number of hydrogen-bond acceptors (Lipinski definition) is 2. The van der Waals surface area contributed by atoms with Gasteiger partial charge >= 0.3 is 0 Å². The lowest BCUT2D eigenvalue weighted by Crippen LogP contribution is -2.36. The smallest absolute Gasteiger partial charge is 0.228 e. The Morgan fingerprint density at radius 3 is 2.74 bits per heavy atom. The molecule has 0 spiro atoms. The van der Waals surface area contributed by atoms with Gasteiger partial charge in [0.1, 0.15) is 10.4 Å². The SMILES string of the molecule is CN(Cc1nc(Br)c2ccccn12)C(=O)C(C)(C)C. The Morgan fingerprint density at radius 1 is 1.42 bits per heavy atom. The van der Waals surface area contributed by atoms with E-state index in [9.17, 15) is 4.79 Å². The minimum absolute atomic E-state index is 0.108. The van der Waals surface area contributed by atoms with Gasteiger partial charge in [-0.05, 0) is 28.1 Å². The number of nitrogens with zero attached hydrogens (tertiary/aromatic N) is 3. The first-order valence-corrected chi connectivity index (χ1v) is 6.97. The minimum atomic E-state index is -0.376. The van der Waals surface area contributed by atoms with Gasteiger partial charge in [0.15, 0.2) is 0 Å². The molecule has 2 heterocycles. The lowest BCUT2D eigenvalue weighted by molar-refractivity contribution is -0.138. The van der Waals surface area contributed by atoms with Gasteiger partial charge in [0, 0.05) is 18.7 Å². The first-order valence-electron chi connectivity index (χ1n) is 6.18. The maximum absolute atomic E-state index is 12.2. The Bertz CT molecular complexity index is 613. The summed E-state index contributed by atoms with van der Waals surface area (Å²) in [6.45, 7) is 6.26. The first kappa shape index (κ1) is 14.1. The third-order valence-corrected chi connectivity index (χ3v) is 3.53. The molecule has 0 radical (unpaired) electrons. The number of rotatable bonds is 2. The highest BCUT2D eigenvalue weighted by Crippen LogP contribution is 2.21.